The standard InChI is InChI=1S/C21H24FN5O2.C16H16FN5/c1-21(2,3)29-20(28)27-12-10-26(11-13-27)17-9-8-16-19(24-17)25-18(23-16)14-4-6-15(22)7-5-14;17-12-3-1-11(2-4-12)15-19-13-5-6-14(20-16(13)21-15)22-9-7-18-8-10-22/h4-9H,10-13H2,1-3H3,(H,23,24,25);1-6,18H,7-10H2,(H,19,20,21). The fourth-order valence-electron chi connectivity index (χ4n) is 5.94. The maximum Gasteiger partial charge on any atom is 0.410 e. The van der Waals surface area contributed by atoms with Crippen LogP contribution in [0, 0.1) is 11.6 Å². The van der Waals surface area contributed by atoms with Gasteiger partial charge in [-0.3, -0.25) is 0 Å². The second-order valence-corrected chi connectivity index (χ2v) is 13.5. The van der Waals surface area contributed by atoms with E-state index in [1.165, 1.54) is 24.3 Å². The summed E-state index contributed by atoms with van der Waals surface area (Å²) in [7, 11) is 0. The van der Waals surface area contributed by atoms with Gasteiger partial charge in [0.05, 0.1) is 11.0 Å². The summed E-state index contributed by atoms with van der Waals surface area (Å²) in [5, 5.41) is 3.33. The molecule has 264 valence electrons. The molecular formula is C37H40F2N10O2. The van der Waals surface area contributed by atoms with E-state index in [4.69, 9.17) is 4.74 Å². The summed E-state index contributed by atoms with van der Waals surface area (Å²) in [5.74, 6) is 2.60. The van der Waals surface area contributed by atoms with Crippen LogP contribution < -0.4 is 15.1 Å². The van der Waals surface area contributed by atoms with Gasteiger partial charge >= 0.3 is 6.09 Å². The number of piperazine rings is 2. The van der Waals surface area contributed by atoms with Gasteiger partial charge in [0.25, 0.3) is 0 Å². The van der Waals surface area contributed by atoms with Crippen LogP contribution in [-0.4, -0.2) is 98.9 Å². The highest BCUT2D eigenvalue weighted by Gasteiger charge is 2.26. The molecule has 51 heavy (non-hydrogen) atoms. The summed E-state index contributed by atoms with van der Waals surface area (Å²) >= 11 is 0. The van der Waals surface area contributed by atoms with Gasteiger partial charge in [0, 0.05) is 63.5 Å². The van der Waals surface area contributed by atoms with E-state index in [2.05, 4.69) is 45.0 Å². The van der Waals surface area contributed by atoms with Crippen molar-refractivity contribution in [1.82, 2.24) is 40.1 Å². The van der Waals surface area contributed by atoms with Crippen molar-refractivity contribution in [2.45, 2.75) is 26.4 Å². The number of aromatic amines is 2. The first-order chi connectivity index (χ1) is 24.6. The van der Waals surface area contributed by atoms with Gasteiger partial charge in [0.15, 0.2) is 11.3 Å². The van der Waals surface area contributed by atoms with Gasteiger partial charge in [-0.15, -0.1) is 0 Å². The lowest BCUT2D eigenvalue weighted by Crippen LogP contribution is -2.50. The number of hydrogen-bond donors (Lipinski definition) is 3. The number of pyridine rings is 2. The average Bonchev–Trinajstić information content (AvgIpc) is 3.76. The molecule has 8 rings (SSSR count). The molecule has 0 bridgehead atoms. The van der Waals surface area contributed by atoms with E-state index in [1.54, 1.807) is 29.2 Å². The fourth-order valence-corrected chi connectivity index (χ4v) is 5.94. The zero-order valence-corrected chi connectivity index (χ0v) is 28.8. The number of benzene rings is 2. The van der Waals surface area contributed by atoms with Crippen LogP contribution in [0.2, 0.25) is 0 Å². The first-order valence-electron chi connectivity index (χ1n) is 17.0. The minimum absolute atomic E-state index is 0.251. The largest absolute Gasteiger partial charge is 0.444 e. The summed E-state index contributed by atoms with van der Waals surface area (Å²) in [6.07, 6.45) is -0.281. The van der Waals surface area contributed by atoms with E-state index in [1.807, 2.05) is 45.0 Å². The van der Waals surface area contributed by atoms with Gasteiger partial charge < -0.3 is 34.7 Å². The van der Waals surface area contributed by atoms with E-state index in [-0.39, 0.29) is 17.7 Å². The molecule has 0 saturated carbocycles. The molecule has 2 saturated heterocycles. The number of rotatable bonds is 4. The number of carbonyl (C=O) groups is 1. The summed E-state index contributed by atoms with van der Waals surface area (Å²) < 4.78 is 31.6. The lowest BCUT2D eigenvalue weighted by atomic mass is 10.2. The molecule has 3 N–H and O–H groups in total. The molecule has 2 aliphatic rings. The summed E-state index contributed by atoms with van der Waals surface area (Å²) in [6, 6.07) is 20.4. The predicted octanol–water partition coefficient (Wildman–Crippen LogP) is 5.99. The maximum atomic E-state index is 13.1. The van der Waals surface area contributed by atoms with Crippen LogP contribution in [0.4, 0.5) is 25.2 Å². The van der Waals surface area contributed by atoms with E-state index in [0.29, 0.717) is 49.1 Å². The molecule has 2 aliphatic heterocycles. The molecule has 2 fully saturated rings. The molecular weight excluding hydrogens is 654 g/mol. The second kappa shape index (κ2) is 14.3. The molecule has 0 spiro atoms. The van der Waals surface area contributed by atoms with Crippen LogP contribution in [0.1, 0.15) is 20.8 Å². The summed E-state index contributed by atoms with van der Waals surface area (Å²) in [4.78, 5) is 43.2. The number of fused-ring (bicyclic) bond motifs is 2. The minimum Gasteiger partial charge on any atom is -0.444 e. The Bertz CT molecular complexity index is 2110. The van der Waals surface area contributed by atoms with Crippen molar-refractivity contribution >= 4 is 40.1 Å². The van der Waals surface area contributed by atoms with Crippen molar-refractivity contribution in [3.05, 3.63) is 84.4 Å². The predicted molar refractivity (Wildman–Crippen MR) is 194 cm³/mol. The first-order valence-corrected chi connectivity index (χ1v) is 17.0. The minimum atomic E-state index is -0.497. The van der Waals surface area contributed by atoms with E-state index < -0.39 is 5.60 Å². The van der Waals surface area contributed by atoms with Gasteiger partial charge in [-0.1, -0.05) is 0 Å². The van der Waals surface area contributed by atoms with Gasteiger partial charge in [-0.2, -0.15) is 0 Å². The zero-order chi connectivity index (χ0) is 35.5. The molecule has 0 radical (unpaired) electrons. The number of H-pyrrole nitrogens is 2. The smallest absolute Gasteiger partial charge is 0.410 e. The van der Waals surface area contributed by atoms with Crippen LogP contribution in [0.15, 0.2) is 72.8 Å². The molecule has 1 amide bonds. The quantitative estimate of drug-likeness (QED) is 0.204. The average molecular weight is 695 g/mol. The lowest BCUT2D eigenvalue weighted by Gasteiger charge is -2.36. The number of halogens is 2. The number of nitrogens with one attached hydrogen (secondary N) is 3. The second-order valence-electron chi connectivity index (χ2n) is 13.5. The Balaban J connectivity index is 0.000000165. The van der Waals surface area contributed by atoms with Crippen LogP contribution in [0.3, 0.4) is 0 Å². The molecule has 6 aromatic rings. The number of hydrogen-bond acceptors (Lipinski definition) is 9. The number of carbonyl (C=O) groups excluding carboxylic acids is 1. The maximum absolute atomic E-state index is 13.1. The number of anilines is 2. The molecule has 12 nitrogen and oxygen atoms in total. The summed E-state index contributed by atoms with van der Waals surface area (Å²) in [6.45, 7) is 12.0. The van der Waals surface area contributed by atoms with Crippen molar-refractivity contribution in [3.63, 3.8) is 0 Å². The normalized spacial score (nSPS) is 15.2. The number of ether oxygens (including phenoxy) is 1. The number of imidazole rings is 2. The third kappa shape index (κ3) is 8.07. The summed E-state index contributed by atoms with van der Waals surface area (Å²) in [5.41, 5.74) is 4.16. The van der Waals surface area contributed by atoms with Crippen LogP contribution >= 0.6 is 0 Å². The Morgan fingerprint density at radius 3 is 1.53 bits per heavy atom. The first kappa shape index (κ1) is 33.8. The Morgan fingerprint density at radius 2 is 1.08 bits per heavy atom. The number of nitrogens with zero attached hydrogens (tertiary/aromatic N) is 7. The van der Waals surface area contributed by atoms with Gasteiger partial charge in [0.1, 0.15) is 40.5 Å². The molecule has 4 aromatic heterocycles. The van der Waals surface area contributed by atoms with E-state index in [0.717, 1.165) is 60.0 Å². The lowest BCUT2D eigenvalue weighted by molar-refractivity contribution is 0.0240. The monoisotopic (exact) mass is 694 g/mol. The van der Waals surface area contributed by atoms with E-state index >= 15 is 0 Å². The third-order valence-electron chi connectivity index (χ3n) is 8.59. The molecule has 14 heteroatoms. The SMILES string of the molecule is CC(C)(C)OC(=O)N1CCN(c2ccc3[nH]c(-c4ccc(F)cc4)nc3n2)CC1.Fc1ccc(-c2nc3nc(N4CCNCC4)ccc3[nH]2)cc1. The Hall–Kier alpha value is -5.63. The van der Waals surface area contributed by atoms with Crippen LogP contribution in [0.5, 0.6) is 0 Å². The van der Waals surface area contributed by atoms with E-state index in [9.17, 15) is 13.6 Å². The molecule has 0 unspecified atom stereocenters. The molecule has 2 aromatic carbocycles. The third-order valence-corrected chi connectivity index (χ3v) is 8.59. The van der Waals surface area contributed by atoms with Gasteiger partial charge in [0.2, 0.25) is 0 Å². The van der Waals surface area contributed by atoms with Crippen LogP contribution in [0.25, 0.3) is 45.1 Å². The Labute approximate surface area is 293 Å². The molecule has 0 atom stereocenters. The van der Waals surface area contributed by atoms with Crippen molar-refractivity contribution < 1.29 is 18.3 Å². The Kier molecular flexibility index (Phi) is 9.50. The van der Waals surface area contributed by atoms with Gasteiger partial charge in [-0.25, -0.2) is 33.5 Å². The number of aromatic nitrogens is 6. The van der Waals surface area contributed by atoms with Crippen LogP contribution in [-0.2, 0) is 4.74 Å². The fraction of sp³-hybridized carbons (Fsp3) is 0.324. The van der Waals surface area contributed by atoms with Gasteiger partial charge in [-0.05, 0) is 93.6 Å². The molecule has 0 aliphatic carbocycles. The van der Waals surface area contributed by atoms with Crippen molar-refractivity contribution in [2.75, 3.05) is 62.2 Å². The highest BCUT2D eigenvalue weighted by atomic mass is 19.1. The highest BCUT2D eigenvalue weighted by molar-refractivity contribution is 5.79. The molecule has 6 heterocycles. The topological polar surface area (TPSA) is 131 Å². The zero-order valence-electron chi connectivity index (χ0n) is 28.8. The Morgan fingerprint density at radius 1 is 0.627 bits per heavy atom. The number of amides is 1. The van der Waals surface area contributed by atoms with Crippen molar-refractivity contribution in [2.24, 2.45) is 0 Å². The van der Waals surface area contributed by atoms with Crippen molar-refractivity contribution in [3.8, 4) is 22.8 Å². The van der Waals surface area contributed by atoms with Crippen molar-refractivity contribution in [1.29, 1.82) is 0 Å². The highest BCUT2D eigenvalue weighted by Crippen LogP contribution is 2.24.